The maximum atomic E-state index is 4.99. The molecule has 0 aliphatic heterocycles. The molecular formula is C12H16N4O. The number of ether oxygens (including phenoxy) is 1. The monoisotopic (exact) mass is 232 g/mol. The van der Waals surface area contributed by atoms with E-state index >= 15 is 0 Å². The van der Waals surface area contributed by atoms with Gasteiger partial charge in [0.25, 0.3) is 0 Å². The molecular weight excluding hydrogens is 216 g/mol. The molecule has 0 fully saturated rings. The first-order valence-corrected chi connectivity index (χ1v) is 5.52. The Morgan fingerprint density at radius 3 is 3.12 bits per heavy atom. The van der Waals surface area contributed by atoms with E-state index in [0.29, 0.717) is 6.61 Å². The minimum Gasteiger partial charge on any atom is -0.383 e. The van der Waals surface area contributed by atoms with E-state index in [0.717, 1.165) is 24.3 Å². The molecule has 2 aromatic rings. The van der Waals surface area contributed by atoms with Crippen LogP contribution in [0.2, 0.25) is 0 Å². The van der Waals surface area contributed by atoms with Crippen LogP contribution in [0.4, 0.5) is 5.69 Å². The third-order valence-corrected chi connectivity index (χ3v) is 2.38. The molecule has 17 heavy (non-hydrogen) atoms. The van der Waals surface area contributed by atoms with E-state index in [1.165, 1.54) is 0 Å². The standard InChI is InChI=1S/C12H16N4O/c1-17-6-5-16-10-12(9-15-16)14-8-11-3-2-4-13-7-11/h2-4,7,9-10,14H,5-6,8H2,1H3. The summed E-state index contributed by atoms with van der Waals surface area (Å²) in [6.07, 6.45) is 7.40. The van der Waals surface area contributed by atoms with E-state index in [1.807, 2.05) is 35.4 Å². The highest BCUT2D eigenvalue weighted by molar-refractivity contribution is 5.38. The molecule has 0 radical (unpaired) electrons. The first kappa shape index (κ1) is 11.6. The van der Waals surface area contributed by atoms with Gasteiger partial charge < -0.3 is 10.1 Å². The maximum Gasteiger partial charge on any atom is 0.0729 e. The van der Waals surface area contributed by atoms with Crippen molar-refractivity contribution in [2.75, 3.05) is 19.0 Å². The van der Waals surface area contributed by atoms with Gasteiger partial charge in [-0.05, 0) is 11.6 Å². The summed E-state index contributed by atoms with van der Waals surface area (Å²) in [7, 11) is 1.69. The number of aromatic nitrogens is 3. The topological polar surface area (TPSA) is 52.0 Å². The zero-order valence-electron chi connectivity index (χ0n) is 9.84. The Kier molecular flexibility index (Phi) is 4.10. The summed E-state index contributed by atoms with van der Waals surface area (Å²) in [6, 6.07) is 3.97. The van der Waals surface area contributed by atoms with E-state index in [4.69, 9.17) is 4.74 Å². The van der Waals surface area contributed by atoms with Gasteiger partial charge in [0.15, 0.2) is 0 Å². The molecule has 0 bridgehead atoms. The SMILES string of the molecule is COCCn1cc(NCc2cccnc2)cn1. The highest BCUT2D eigenvalue weighted by Crippen LogP contribution is 2.07. The van der Waals surface area contributed by atoms with Crippen molar-refractivity contribution in [3.8, 4) is 0 Å². The van der Waals surface area contributed by atoms with Crippen LogP contribution in [0, 0.1) is 0 Å². The fourth-order valence-electron chi connectivity index (χ4n) is 1.47. The van der Waals surface area contributed by atoms with Gasteiger partial charge in [-0.1, -0.05) is 6.07 Å². The molecule has 0 saturated heterocycles. The number of nitrogens with zero attached hydrogens (tertiary/aromatic N) is 3. The Morgan fingerprint density at radius 1 is 1.41 bits per heavy atom. The van der Waals surface area contributed by atoms with Crippen LogP contribution in [-0.2, 0) is 17.8 Å². The Labute approximate surface area is 100 Å². The van der Waals surface area contributed by atoms with Gasteiger partial charge in [-0.3, -0.25) is 9.67 Å². The van der Waals surface area contributed by atoms with Crippen LogP contribution in [0.3, 0.4) is 0 Å². The zero-order valence-corrected chi connectivity index (χ0v) is 9.84. The van der Waals surface area contributed by atoms with Gasteiger partial charge in [0, 0.05) is 32.2 Å². The second-order valence-electron chi connectivity index (χ2n) is 3.70. The summed E-state index contributed by atoms with van der Waals surface area (Å²) in [5.74, 6) is 0. The number of pyridine rings is 1. The molecule has 2 rings (SSSR count). The first-order valence-electron chi connectivity index (χ1n) is 5.52. The van der Waals surface area contributed by atoms with Crippen molar-refractivity contribution in [3.63, 3.8) is 0 Å². The van der Waals surface area contributed by atoms with Crippen molar-refractivity contribution >= 4 is 5.69 Å². The molecule has 90 valence electrons. The molecule has 0 spiro atoms. The third-order valence-electron chi connectivity index (χ3n) is 2.38. The lowest BCUT2D eigenvalue weighted by molar-refractivity contribution is 0.183. The Hall–Kier alpha value is -1.88. The molecule has 0 unspecified atom stereocenters. The van der Waals surface area contributed by atoms with Crippen molar-refractivity contribution in [1.82, 2.24) is 14.8 Å². The molecule has 2 aromatic heterocycles. The van der Waals surface area contributed by atoms with Gasteiger partial charge >= 0.3 is 0 Å². The highest BCUT2D eigenvalue weighted by Gasteiger charge is 1.98. The fraction of sp³-hybridized carbons (Fsp3) is 0.333. The van der Waals surface area contributed by atoms with Crippen molar-refractivity contribution in [1.29, 1.82) is 0 Å². The molecule has 5 heteroatoms. The highest BCUT2D eigenvalue weighted by atomic mass is 16.5. The molecule has 0 aromatic carbocycles. The van der Waals surface area contributed by atoms with Crippen molar-refractivity contribution < 1.29 is 4.74 Å². The Morgan fingerprint density at radius 2 is 2.35 bits per heavy atom. The number of hydrogen-bond acceptors (Lipinski definition) is 4. The van der Waals surface area contributed by atoms with Gasteiger partial charge in [0.1, 0.15) is 0 Å². The second-order valence-corrected chi connectivity index (χ2v) is 3.70. The number of rotatable bonds is 6. The predicted octanol–water partition coefficient (Wildman–Crippen LogP) is 1.54. The van der Waals surface area contributed by atoms with Crippen molar-refractivity contribution in [2.45, 2.75) is 13.1 Å². The van der Waals surface area contributed by atoms with Crippen molar-refractivity contribution in [3.05, 3.63) is 42.5 Å². The number of hydrogen-bond donors (Lipinski definition) is 1. The average molecular weight is 232 g/mol. The summed E-state index contributed by atoms with van der Waals surface area (Å²) in [6.45, 7) is 2.19. The van der Waals surface area contributed by atoms with Crippen LogP contribution in [-0.4, -0.2) is 28.5 Å². The average Bonchev–Trinajstić information content (AvgIpc) is 2.83. The van der Waals surface area contributed by atoms with E-state index in [-0.39, 0.29) is 0 Å². The Balaban J connectivity index is 1.85. The Bertz CT molecular complexity index is 441. The summed E-state index contributed by atoms with van der Waals surface area (Å²) in [4.78, 5) is 4.07. The number of methoxy groups -OCH3 is 1. The van der Waals surface area contributed by atoms with E-state index < -0.39 is 0 Å². The van der Waals surface area contributed by atoms with Gasteiger partial charge in [0.05, 0.1) is 25.0 Å². The summed E-state index contributed by atoms with van der Waals surface area (Å²) >= 11 is 0. The lowest BCUT2D eigenvalue weighted by atomic mass is 10.3. The van der Waals surface area contributed by atoms with E-state index in [1.54, 1.807) is 13.3 Å². The van der Waals surface area contributed by atoms with Gasteiger partial charge in [-0.25, -0.2) is 0 Å². The molecule has 2 heterocycles. The van der Waals surface area contributed by atoms with Crippen LogP contribution in [0.1, 0.15) is 5.56 Å². The molecule has 0 aliphatic carbocycles. The van der Waals surface area contributed by atoms with Crippen LogP contribution in [0.15, 0.2) is 36.9 Å². The molecule has 0 saturated carbocycles. The normalized spacial score (nSPS) is 10.4. The minimum atomic E-state index is 0.670. The number of anilines is 1. The summed E-state index contributed by atoms with van der Waals surface area (Å²) < 4.78 is 6.85. The molecule has 0 aliphatic rings. The molecule has 1 N–H and O–H groups in total. The first-order chi connectivity index (χ1) is 8.38. The van der Waals surface area contributed by atoms with E-state index in [9.17, 15) is 0 Å². The maximum absolute atomic E-state index is 4.99. The quantitative estimate of drug-likeness (QED) is 0.820. The summed E-state index contributed by atoms with van der Waals surface area (Å²) in [5.41, 5.74) is 2.15. The third kappa shape index (κ3) is 3.57. The second kappa shape index (κ2) is 6.00. The van der Waals surface area contributed by atoms with Crippen molar-refractivity contribution in [2.24, 2.45) is 0 Å². The van der Waals surface area contributed by atoms with Gasteiger partial charge in [-0.15, -0.1) is 0 Å². The largest absolute Gasteiger partial charge is 0.383 e. The lowest BCUT2D eigenvalue weighted by Crippen LogP contribution is -2.04. The van der Waals surface area contributed by atoms with Crippen LogP contribution in [0.5, 0.6) is 0 Å². The smallest absolute Gasteiger partial charge is 0.0729 e. The lowest BCUT2D eigenvalue weighted by Gasteiger charge is -2.02. The fourth-order valence-corrected chi connectivity index (χ4v) is 1.47. The van der Waals surface area contributed by atoms with E-state index in [2.05, 4.69) is 15.4 Å². The summed E-state index contributed by atoms with van der Waals surface area (Å²) in [5, 5.41) is 7.52. The van der Waals surface area contributed by atoms with Crippen LogP contribution >= 0.6 is 0 Å². The number of nitrogens with one attached hydrogen (secondary N) is 1. The minimum absolute atomic E-state index is 0.670. The molecule has 0 amide bonds. The predicted molar refractivity (Wildman–Crippen MR) is 65.7 cm³/mol. The molecule has 5 nitrogen and oxygen atoms in total. The van der Waals surface area contributed by atoms with Crippen LogP contribution < -0.4 is 5.32 Å². The van der Waals surface area contributed by atoms with Gasteiger partial charge in [-0.2, -0.15) is 5.10 Å². The zero-order chi connectivity index (χ0) is 11.9. The van der Waals surface area contributed by atoms with Gasteiger partial charge in [0.2, 0.25) is 0 Å². The van der Waals surface area contributed by atoms with Crippen LogP contribution in [0.25, 0.3) is 0 Å². The molecule has 0 atom stereocenters.